The maximum absolute atomic E-state index is 10.5. The van der Waals surface area contributed by atoms with Gasteiger partial charge in [-0.25, -0.2) is 0 Å². The van der Waals surface area contributed by atoms with Gasteiger partial charge in [0, 0.05) is 11.9 Å². The van der Waals surface area contributed by atoms with E-state index in [0.717, 1.165) is 0 Å². The molecule has 1 N–H and O–H groups in total. The monoisotopic (exact) mass is 220 g/mol. The molecule has 0 rings (SSSR count). The molecule has 5 nitrogen and oxygen atoms in total. The Morgan fingerprint density at radius 1 is 1.36 bits per heavy atom. The van der Waals surface area contributed by atoms with Crippen molar-refractivity contribution in [2.75, 3.05) is 12.0 Å². The van der Waals surface area contributed by atoms with Gasteiger partial charge >= 0.3 is 0 Å². The zero-order chi connectivity index (χ0) is 11.1. The fourth-order valence-corrected chi connectivity index (χ4v) is 1.47. The Hall–Kier alpha value is -0.750. The van der Waals surface area contributed by atoms with Crippen LogP contribution in [0.1, 0.15) is 12.8 Å². The summed E-state index contributed by atoms with van der Waals surface area (Å²) in [5.41, 5.74) is 0. The molecule has 6 heteroatoms. The number of carbonyl (C=O) groups excluding carboxylic acids is 2. The third kappa shape index (κ3) is 4.48. The molecule has 0 bridgehead atoms. The Kier molecular flexibility index (Phi) is 6.31. The van der Waals surface area contributed by atoms with E-state index in [0.29, 0.717) is 12.2 Å². The van der Waals surface area contributed by atoms with Gasteiger partial charge in [0.15, 0.2) is 0 Å². The Morgan fingerprint density at radius 2 is 1.93 bits per heavy atom. The number of rotatable bonds is 7. The molecule has 14 heavy (non-hydrogen) atoms. The molecule has 2 unspecified atom stereocenters. The maximum Gasteiger partial charge on any atom is 0.101 e. The fourth-order valence-electron chi connectivity index (χ4n) is 1.02. The van der Waals surface area contributed by atoms with Crippen LogP contribution < -0.4 is 10.2 Å². The number of carboxylic acids is 2. The first-order chi connectivity index (χ1) is 6.50. The highest BCUT2D eigenvalue weighted by Gasteiger charge is 2.20. The van der Waals surface area contributed by atoms with E-state index >= 15 is 0 Å². The van der Waals surface area contributed by atoms with Crippen LogP contribution in [-0.4, -0.2) is 35.2 Å². The second-order valence-electron chi connectivity index (χ2n) is 2.82. The first-order valence-electron chi connectivity index (χ1n) is 4.09. The van der Waals surface area contributed by atoms with Gasteiger partial charge in [0.05, 0.1) is 5.97 Å². The SMILES string of the molecule is CSCCCC(C(=O)[O-])C(O)C(=O)[O-]. The number of hydrogen-bond acceptors (Lipinski definition) is 6. The minimum atomic E-state index is -1.98. The highest BCUT2D eigenvalue weighted by atomic mass is 32.2. The van der Waals surface area contributed by atoms with Crippen molar-refractivity contribution in [1.82, 2.24) is 0 Å². The van der Waals surface area contributed by atoms with Crippen LogP contribution in [0.4, 0.5) is 0 Å². The average molecular weight is 220 g/mol. The molecule has 0 saturated carbocycles. The first kappa shape index (κ1) is 13.2. The van der Waals surface area contributed by atoms with Gasteiger partial charge in [0.25, 0.3) is 0 Å². The van der Waals surface area contributed by atoms with Crippen LogP contribution >= 0.6 is 11.8 Å². The summed E-state index contributed by atoms with van der Waals surface area (Å²) in [5.74, 6) is -4.00. The summed E-state index contributed by atoms with van der Waals surface area (Å²) in [5, 5.41) is 29.7. The minimum absolute atomic E-state index is 0.0817. The first-order valence-corrected chi connectivity index (χ1v) is 5.48. The quantitative estimate of drug-likeness (QED) is 0.480. The van der Waals surface area contributed by atoms with Crippen LogP contribution in [0.3, 0.4) is 0 Å². The van der Waals surface area contributed by atoms with E-state index in [-0.39, 0.29) is 6.42 Å². The molecule has 0 aromatic carbocycles. The maximum atomic E-state index is 10.5. The third-order valence-electron chi connectivity index (χ3n) is 1.79. The zero-order valence-electron chi connectivity index (χ0n) is 7.76. The summed E-state index contributed by atoms with van der Waals surface area (Å²) in [4.78, 5) is 20.7. The summed E-state index contributed by atoms with van der Waals surface area (Å²) in [6.45, 7) is 0. The largest absolute Gasteiger partial charge is 0.550 e. The van der Waals surface area contributed by atoms with Crippen molar-refractivity contribution in [1.29, 1.82) is 0 Å². The number of thioether (sulfide) groups is 1. The lowest BCUT2D eigenvalue weighted by molar-refractivity contribution is -0.330. The van der Waals surface area contributed by atoms with E-state index < -0.39 is 24.0 Å². The highest BCUT2D eigenvalue weighted by Crippen LogP contribution is 2.12. The molecule has 82 valence electrons. The van der Waals surface area contributed by atoms with E-state index in [2.05, 4.69) is 0 Å². The lowest BCUT2D eigenvalue weighted by Gasteiger charge is -2.24. The van der Waals surface area contributed by atoms with Crippen molar-refractivity contribution in [2.45, 2.75) is 18.9 Å². The molecule has 0 aliphatic rings. The molecule has 0 aliphatic heterocycles. The summed E-state index contributed by atoms with van der Waals surface area (Å²) in [7, 11) is 0. The van der Waals surface area contributed by atoms with Gasteiger partial charge in [-0.15, -0.1) is 0 Å². The Balaban J connectivity index is 4.15. The smallest absolute Gasteiger partial charge is 0.101 e. The minimum Gasteiger partial charge on any atom is -0.550 e. The zero-order valence-corrected chi connectivity index (χ0v) is 8.58. The highest BCUT2D eigenvalue weighted by molar-refractivity contribution is 7.98. The topological polar surface area (TPSA) is 100 Å². The van der Waals surface area contributed by atoms with Gasteiger partial charge in [-0.1, -0.05) is 0 Å². The molecular formula is C8H12O5S-2. The Morgan fingerprint density at radius 3 is 2.29 bits per heavy atom. The van der Waals surface area contributed by atoms with Crippen molar-refractivity contribution < 1.29 is 24.9 Å². The van der Waals surface area contributed by atoms with E-state index in [4.69, 9.17) is 5.11 Å². The molecule has 0 aromatic heterocycles. The van der Waals surface area contributed by atoms with Crippen LogP contribution in [0.25, 0.3) is 0 Å². The van der Waals surface area contributed by atoms with Crippen LogP contribution in [-0.2, 0) is 9.59 Å². The number of aliphatic carboxylic acids is 2. The number of aliphatic hydroxyl groups excluding tert-OH is 1. The molecule has 0 amide bonds. The second kappa shape index (κ2) is 6.67. The molecule has 0 spiro atoms. The number of carboxylic acid groups (broad SMARTS) is 2. The second-order valence-corrected chi connectivity index (χ2v) is 3.81. The van der Waals surface area contributed by atoms with Gasteiger partial charge in [0.1, 0.15) is 6.10 Å². The summed E-state index contributed by atoms with van der Waals surface area (Å²) in [6, 6.07) is 0. The van der Waals surface area contributed by atoms with Gasteiger partial charge < -0.3 is 24.9 Å². The van der Waals surface area contributed by atoms with Crippen LogP contribution in [0.2, 0.25) is 0 Å². The number of carbonyl (C=O) groups is 2. The summed E-state index contributed by atoms with van der Waals surface area (Å²) >= 11 is 1.52. The average Bonchev–Trinajstić information content (AvgIpc) is 2.10. The van der Waals surface area contributed by atoms with Gasteiger partial charge in [-0.05, 0) is 24.9 Å². The third-order valence-corrected chi connectivity index (χ3v) is 2.49. The Bertz CT molecular complexity index is 206. The molecule has 0 saturated heterocycles. The molecular weight excluding hydrogens is 208 g/mol. The molecule has 0 radical (unpaired) electrons. The van der Waals surface area contributed by atoms with Crippen molar-refractivity contribution in [2.24, 2.45) is 5.92 Å². The summed E-state index contributed by atoms with van der Waals surface area (Å²) in [6.07, 6.45) is 0.466. The fraction of sp³-hybridized carbons (Fsp3) is 0.750. The van der Waals surface area contributed by atoms with Crippen LogP contribution in [0.5, 0.6) is 0 Å². The van der Waals surface area contributed by atoms with Crippen molar-refractivity contribution in [3.8, 4) is 0 Å². The molecule has 2 atom stereocenters. The predicted molar refractivity (Wildman–Crippen MR) is 47.1 cm³/mol. The van der Waals surface area contributed by atoms with Crippen molar-refractivity contribution >= 4 is 23.7 Å². The molecule has 0 aromatic rings. The van der Waals surface area contributed by atoms with Gasteiger partial charge in [-0.3, -0.25) is 0 Å². The molecule has 0 heterocycles. The van der Waals surface area contributed by atoms with E-state index in [1.807, 2.05) is 6.26 Å². The molecule has 0 fully saturated rings. The molecule has 0 aliphatic carbocycles. The standard InChI is InChI=1S/C8H14O5S/c1-14-4-2-3-5(7(10)11)6(9)8(12)13/h5-6,9H,2-4H2,1H3,(H,10,11)(H,12,13)/p-2. The van der Waals surface area contributed by atoms with Crippen LogP contribution in [0, 0.1) is 5.92 Å². The van der Waals surface area contributed by atoms with Gasteiger partial charge in [0.2, 0.25) is 0 Å². The predicted octanol–water partition coefficient (Wildman–Crippen LogP) is -2.39. The Labute approximate surface area is 86.1 Å². The summed E-state index contributed by atoms with van der Waals surface area (Å²) < 4.78 is 0. The van der Waals surface area contributed by atoms with Crippen molar-refractivity contribution in [3.63, 3.8) is 0 Å². The van der Waals surface area contributed by atoms with E-state index in [1.165, 1.54) is 11.8 Å². The van der Waals surface area contributed by atoms with E-state index in [1.54, 1.807) is 0 Å². The lowest BCUT2D eigenvalue weighted by Crippen LogP contribution is -2.47. The lowest BCUT2D eigenvalue weighted by atomic mass is 9.97. The normalized spacial score (nSPS) is 14.7. The van der Waals surface area contributed by atoms with Gasteiger partial charge in [-0.2, -0.15) is 11.8 Å². The van der Waals surface area contributed by atoms with Crippen molar-refractivity contribution in [3.05, 3.63) is 0 Å². The van der Waals surface area contributed by atoms with E-state index in [9.17, 15) is 19.8 Å². The number of hydrogen-bond donors (Lipinski definition) is 1. The van der Waals surface area contributed by atoms with Crippen LogP contribution in [0.15, 0.2) is 0 Å². The number of aliphatic hydroxyl groups is 1.